The van der Waals surface area contributed by atoms with Gasteiger partial charge in [0.05, 0.1) is 5.52 Å². The predicted octanol–water partition coefficient (Wildman–Crippen LogP) is 3.66. The highest BCUT2D eigenvalue weighted by Gasteiger charge is 2.15. The highest BCUT2D eigenvalue weighted by Crippen LogP contribution is 2.30. The maximum absolute atomic E-state index is 7.73. The summed E-state index contributed by atoms with van der Waals surface area (Å²) >= 11 is 1.69. The lowest BCUT2D eigenvalue weighted by molar-refractivity contribution is 0.641. The van der Waals surface area contributed by atoms with Crippen LogP contribution < -0.4 is 5.73 Å². The molecule has 100 valence electrons. The average molecular weight is 273 g/mol. The summed E-state index contributed by atoms with van der Waals surface area (Å²) in [6.45, 7) is 6.55. The third kappa shape index (κ3) is 3.07. The number of benzene rings is 1. The van der Waals surface area contributed by atoms with Gasteiger partial charge in [0.15, 0.2) is 0 Å². The normalized spacial score (nSPS) is 12.8. The second-order valence-corrected chi connectivity index (χ2v) is 6.38. The van der Waals surface area contributed by atoms with E-state index in [0.717, 1.165) is 21.5 Å². The number of nitrogens with two attached hydrogens (primary N) is 1. The summed E-state index contributed by atoms with van der Waals surface area (Å²) in [5, 5.41) is 10.0. The molecule has 1 atom stereocenters. The van der Waals surface area contributed by atoms with Gasteiger partial charge in [0.25, 0.3) is 0 Å². The molecule has 2 aromatic rings. The van der Waals surface area contributed by atoms with Crippen LogP contribution in [0.5, 0.6) is 0 Å². The van der Waals surface area contributed by atoms with Crippen molar-refractivity contribution in [2.75, 3.05) is 0 Å². The molecule has 0 spiro atoms. The van der Waals surface area contributed by atoms with Crippen molar-refractivity contribution < 1.29 is 0 Å². The number of rotatable bonds is 4. The monoisotopic (exact) mass is 273 g/mol. The highest BCUT2D eigenvalue weighted by atomic mass is 32.2. The number of amidine groups is 1. The van der Waals surface area contributed by atoms with Gasteiger partial charge in [-0.15, -0.1) is 11.8 Å². The van der Waals surface area contributed by atoms with E-state index in [1.54, 1.807) is 11.8 Å². The number of hydrogen-bond acceptors (Lipinski definition) is 3. The first kappa shape index (κ1) is 13.9. The Morgan fingerprint density at radius 3 is 2.58 bits per heavy atom. The number of aromatic nitrogens is 1. The lowest BCUT2D eigenvalue weighted by Gasteiger charge is -2.16. The Bertz CT molecular complexity index is 607. The topological polar surface area (TPSA) is 62.8 Å². The van der Waals surface area contributed by atoms with Crippen molar-refractivity contribution in [3.63, 3.8) is 0 Å². The first-order chi connectivity index (χ1) is 8.99. The van der Waals surface area contributed by atoms with Crippen LogP contribution in [0.2, 0.25) is 0 Å². The van der Waals surface area contributed by atoms with Crippen molar-refractivity contribution in [3.05, 3.63) is 35.9 Å². The molecule has 0 aliphatic carbocycles. The molecule has 1 aromatic carbocycles. The van der Waals surface area contributed by atoms with Gasteiger partial charge in [0.2, 0.25) is 0 Å². The Balaban J connectivity index is 2.50. The summed E-state index contributed by atoms with van der Waals surface area (Å²) in [5.74, 6) is 0.634. The number of nitrogen functional groups attached to an aromatic ring is 1. The van der Waals surface area contributed by atoms with Gasteiger partial charge < -0.3 is 5.73 Å². The standard InChI is InChI=1S/C15H19N3S/c1-9(2)10(3)19-15-12(14(16)17)8-11-6-4-5-7-13(11)18-15/h4-10H,1-3H3,(H3,16,17). The van der Waals surface area contributed by atoms with E-state index in [-0.39, 0.29) is 5.84 Å². The third-order valence-electron chi connectivity index (χ3n) is 3.22. The number of fused-ring (bicyclic) bond motifs is 1. The molecule has 0 fully saturated rings. The summed E-state index contributed by atoms with van der Waals surface area (Å²) in [4.78, 5) is 4.66. The van der Waals surface area contributed by atoms with E-state index in [1.165, 1.54) is 0 Å². The van der Waals surface area contributed by atoms with Crippen LogP contribution in [0.4, 0.5) is 0 Å². The van der Waals surface area contributed by atoms with Crippen molar-refractivity contribution in [1.29, 1.82) is 5.41 Å². The van der Waals surface area contributed by atoms with Gasteiger partial charge in [0, 0.05) is 16.2 Å². The molecular weight excluding hydrogens is 254 g/mol. The fourth-order valence-electron chi connectivity index (χ4n) is 1.69. The first-order valence-electron chi connectivity index (χ1n) is 6.40. The SMILES string of the molecule is CC(C)C(C)Sc1nc2ccccc2cc1C(=N)N. The minimum atomic E-state index is 0.0803. The molecule has 1 unspecified atom stereocenters. The van der Waals surface area contributed by atoms with Crippen LogP contribution in [-0.2, 0) is 0 Å². The van der Waals surface area contributed by atoms with Crippen LogP contribution in [0.1, 0.15) is 26.3 Å². The largest absolute Gasteiger partial charge is 0.384 e. The molecule has 0 amide bonds. The number of nitrogens with zero attached hydrogens (tertiary/aromatic N) is 1. The van der Waals surface area contributed by atoms with Gasteiger partial charge in [-0.2, -0.15) is 0 Å². The minimum Gasteiger partial charge on any atom is -0.384 e. The molecular formula is C15H19N3S. The molecule has 19 heavy (non-hydrogen) atoms. The van der Waals surface area contributed by atoms with Crippen LogP contribution in [0, 0.1) is 11.3 Å². The van der Waals surface area contributed by atoms with Crippen molar-refractivity contribution in [2.24, 2.45) is 11.7 Å². The molecule has 3 nitrogen and oxygen atoms in total. The highest BCUT2D eigenvalue weighted by molar-refractivity contribution is 7.99. The third-order valence-corrected chi connectivity index (χ3v) is 4.67. The van der Waals surface area contributed by atoms with E-state index in [9.17, 15) is 0 Å². The molecule has 0 aliphatic heterocycles. The Kier molecular flexibility index (Phi) is 4.10. The predicted molar refractivity (Wildman–Crippen MR) is 82.9 cm³/mol. The van der Waals surface area contributed by atoms with Gasteiger partial charge >= 0.3 is 0 Å². The zero-order valence-corrected chi connectivity index (χ0v) is 12.3. The van der Waals surface area contributed by atoms with E-state index in [1.807, 2.05) is 30.3 Å². The van der Waals surface area contributed by atoms with Gasteiger partial charge in [-0.25, -0.2) is 4.98 Å². The summed E-state index contributed by atoms with van der Waals surface area (Å²) in [7, 11) is 0. The summed E-state index contributed by atoms with van der Waals surface area (Å²) in [6, 6.07) is 9.89. The summed E-state index contributed by atoms with van der Waals surface area (Å²) < 4.78 is 0. The fourth-order valence-corrected chi connectivity index (χ4v) is 2.76. The molecule has 1 aromatic heterocycles. The van der Waals surface area contributed by atoms with Crippen LogP contribution in [0.25, 0.3) is 10.9 Å². The number of para-hydroxylation sites is 1. The van der Waals surface area contributed by atoms with Crippen molar-refractivity contribution in [2.45, 2.75) is 31.0 Å². The molecule has 0 saturated carbocycles. The molecule has 3 N–H and O–H groups in total. The van der Waals surface area contributed by atoms with Gasteiger partial charge in [-0.05, 0) is 18.1 Å². The molecule has 2 rings (SSSR count). The lowest BCUT2D eigenvalue weighted by Crippen LogP contribution is -2.15. The van der Waals surface area contributed by atoms with E-state index >= 15 is 0 Å². The first-order valence-corrected chi connectivity index (χ1v) is 7.28. The zero-order valence-electron chi connectivity index (χ0n) is 11.5. The minimum absolute atomic E-state index is 0.0803. The number of hydrogen-bond donors (Lipinski definition) is 2. The van der Waals surface area contributed by atoms with Crippen molar-refractivity contribution in [3.8, 4) is 0 Å². The summed E-state index contributed by atoms with van der Waals surface area (Å²) in [5.41, 5.74) is 7.37. The van der Waals surface area contributed by atoms with Crippen molar-refractivity contribution in [1.82, 2.24) is 4.98 Å². The number of pyridine rings is 1. The number of thioether (sulfide) groups is 1. The maximum atomic E-state index is 7.73. The lowest BCUT2D eigenvalue weighted by atomic mass is 10.1. The quantitative estimate of drug-likeness (QED) is 0.507. The van der Waals surface area contributed by atoms with E-state index in [2.05, 4.69) is 25.8 Å². The zero-order chi connectivity index (χ0) is 14.0. The summed E-state index contributed by atoms with van der Waals surface area (Å²) in [6.07, 6.45) is 0. The number of nitrogens with one attached hydrogen (secondary N) is 1. The van der Waals surface area contributed by atoms with Crippen LogP contribution in [-0.4, -0.2) is 16.1 Å². The molecule has 4 heteroatoms. The smallest absolute Gasteiger partial charge is 0.125 e. The molecule has 0 saturated heterocycles. The average Bonchev–Trinajstić information content (AvgIpc) is 2.37. The van der Waals surface area contributed by atoms with Gasteiger partial charge in [-0.1, -0.05) is 39.0 Å². The second-order valence-electron chi connectivity index (χ2n) is 5.01. The Morgan fingerprint density at radius 2 is 1.95 bits per heavy atom. The maximum Gasteiger partial charge on any atom is 0.125 e. The van der Waals surface area contributed by atoms with E-state index < -0.39 is 0 Å². The molecule has 0 bridgehead atoms. The van der Waals surface area contributed by atoms with Crippen LogP contribution in [0.3, 0.4) is 0 Å². The van der Waals surface area contributed by atoms with E-state index in [0.29, 0.717) is 11.2 Å². The van der Waals surface area contributed by atoms with Crippen LogP contribution >= 0.6 is 11.8 Å². The fraction of sp³-hybridized carbons (Fsp3) is 0.333. The van der Waals surface area contributed by atoms with Crippen molar-refractivity contribution >= 4 is 28.5 Å². The Labute approximate surface area is 118 Å². The Morgan fingerprint density at radius 1 is 1.26 bits per heavy atom. The molecule has 0 radical (unpaired) electrons. The second kappa shape index (κ2) is 5.61. The molecule has 1 heterocycles. The van der Waals surface area contributed by atoms with Crippen LogP contribution in [0.15, 0.2) is 35.4 Å². The molecule has 0 aliphatic rings. The van der Waals surface area contributed by atoms with Gasteiger partial charge in [0.1, 0.15) is 10.9 Å². The Hall–Kier alpha value is -1.55. The van der Waals surface area contributed by atoms with E-state index in [4.69, 9.17) is 11.1 Å². The van der Waals surface area contributed by atoms with Gasteiger partial charge in [-0.3, -0.25) is 5.41 Å².